The maximum absolute atomic E-state index is 14.1. The third-order valence-corrected chi connectivity index (χ3v) is 7.86. The van der Waals surface area contributed by atoms with E-state index in [1.807, 2.05) is 30.3 Å². The second-order valence-electron chi connectivity index (χ2n) is 8.24. The van der Waals surface area contributed by atoms with Crippen molar-refractivity contribution in [2.45, 2.75) is 17.4 Å². The zero-order valence-electron chi connectivity index (χ0n) is 19.0. The molecule has 0 unspecified atom stereocenters. The molecule has 0 aliphatic carbocycles. The lowest BCUT2D eigenvalue weighted by atomic mass is 10.0. The Morgan fingerprint density at radius 1 is 0.829 bits per heavy atom. The molecule has 4 rings (SSSR count). The number of hydrogen-bond acceptors (Lipinski definition) is 4. The van der Waals surface area contributed by atoms with Gasteiger partial charge >= 0.3 is 0 Å². The second kappa shape index (κ2) is 10.8. The van der Waals surface area contributed by atoms with E-state index in [1.165, 1.54) is 22.5 Å². The van der Waals surface area contributed by atoms with Crippen LogP contribution in [-0.4, -0.2) is 61.7 Å². The summed E-state index contributed by atoms with van der Waals surface area (Å²) in [7, 11) is -4.02. The highest BCUT2D eigenvalue weighted by atomic mass is 32.2. The van der Waals surface area contributed by atoms with Crippen LogP contribution in [-0.2, 0) is 21.2 Å². The number of carbonyl (C=O) groups excluding carboxylic acids is 2. The number of benzene rings is 3. The van der Waals surface area contributed by atoms with E-state index in [4.69, 9.17) is 0 Å². The summed E-state index contributed by atoms with van der Waals surface area (Å²) in [6, 6.07) is 22.4. The first-order valence-corrected chi connectivity index (χ1v) is 12.7. The van der Waals surface area contributed by atoms with E-state index in [9.17, 15) is 22.4 Å². The van der Waals surface area contributed by atoms with Crippen LogP contribution in [0.2, 0.25) is 0 Å². The second-order valence-corrected chi connectivity index (χ2v) is 10.1. The highest BCUT2D eigenvalue weighted by molar-refractivity contribution is 7.89. The normalized spacial score (nSPS) is 15.4. The van der Waals surface area contributed by atoms with E-state index in [-0.39, 0.29) is 42.9 Å². The van der Waals surface area contributed by atoms with Crippen LogP contribution in [0.1, 0.15) is 15.9 Å². The molecule has 1 heterocycles. The fourth-order valence-electron chi connectivity index (χ4n) is 4.04. The number of nitrogens with zero attached hydrogens (tertiary/aromatic N) is 2. The highest BCUT2D eigenvalue weighted by Crippen LogP contribution is 2.21. The summed E-state index contributed by atoms with van der Waals surface area (Å²) in [6.07, 6.45) is 0.298. The molecule has 2 amide bonds. The molecule has 1 aliphatic heterocycles. The third-order valence-electron chi connectivity index (χ3n) is 5.93. The summed E-state index contributed by atoms with van der Waals surface area (Å²) in [5, 5.41) is 2.84. The molecule has 35 heavy (non-hydrogen) atoms. The fourth-order valence-corrected chi connectivity index (χ4v) is 5.53. The van der Waals surface area contributed by atoms with E-state index < -0.39 is 21.9 Å². The molecule has 1 N–H and O–H groups in total. The minimum absolute atomic E-state index is 0.0348. The fraction of sp³-hybridized carbons (Fsp3) is 0.231. The third kappa shape index (κ3) is 5.75. The van der Waals surface area contributed by atoms with Gasteiger partial charge in [-0.05, 0) is 29.8 Å². The zero-order chi connectivity index (χ0) is 24.8. The number of carbonyl (C=O) groups is 2. The van der Waals surface area contributed by atoms with Crippen molar-refractivity contribution in [3.05, 3.63) is 102 Å². The van der Waals surface area contributed by atoms with Gasteiger partial charge in [0.2, 0.25) is 15.9 Å². The van der Waals surface area contributed by atoms with Gasteiger partial charge < -0.3 is 10.2 Å². The van der Waals surface area contributed by atoms with Crippen LogP contribution in [0.3, 0.4) is 0 Å². The molecule has 0 radical (unpaired) electrons. The smallest absolute Gasteiger partial charge is 0.251 e. The summed E-state index contributed by atoms with van der Waals surface area (Å²) in [4.78, 5) is 27.4. The number of halogens is 1. The van der Waals surface area contributed by atoms with Gasteiger partial charge in [0.05, 0.1) is 0 Å². The Bertz CT molecular complexity index is 1280. The molecule has 0 saturated carbocycles. The molecule has 1 atom stereocenters. The lowest BCUT2D eigenvalue weighted by Crippen LogP contribution is -2.56. The topological polar surface area (TPSA) is 86.8 Å². The van der Waals surface area contributed by atoms with Crippen molar-refractivity contribution >= 4 is 21.8 Å². The first-order chi connectivity index (χ1) is 16.9. The largest absolute Gasteiger partial charge is 0.340 e. The first-order valence-electron chi connectivity index (χ1n) is 11.3. The van der Waals surface area contributed by atoms with E-state index in [2.05, 4.69) is 5.32 Å². The lowest BCUT2D eigenvalue weighted by molar-refractivity contribution is -0.134. The van der Waals surface area contributed by atoms with Gasteiger partial charge in [0, 0.05) is 38.2 Å². The van der Waals surface area contributed by atoms with E-state index in [1.54, 1.807) is 35.2 Å². The van der Waals surface area contributed by atoms with Gasteiger partial charge in [-0.1, -0.05) is 60.7 Å². The predicted molar refractivity (Wildman–Crippen MR) is 130 cm³/mol. The predicted octanol–water partition coefficient (Wildman–Crippen LogP) is 2.70. The minimum Gasteiger partial charge on any atom is -0.340 e. The van der Waals surface area contributed by atoms with Gasteiger partial charge in [-0.2, -0.15) is 4.31 Å². The Hall–Kier alpha value is -3.56. The van der Waals surface area contributed by atoms with Crippen molar-refractivity contribution in [3.8, 4) is 0 Å². The van der Waals surface area contributed by atoms with Gasteiger partial charge in [0.15, 0.2) is 0 Å². The standard InChI is InChI=1S/C26H26FN3O4S/c27-22-13-7-8-14-24(22)35(33,34)30-17-15-29(16-18-30)26(32)23(19-20-9-3-1-4-10-20)28-25(31)21-11-5-2-6-12-21/h1-14,23H,15-19H2,(H,28,31)/t23-/m0/s1. The van der Waals surface area contributed by atoms with Crippen LogP contribution in [0.15, 0.2) is 89.8 Å². The number of amides is 2. The molecule has 1 fully saturated rings. The molecule has 1 aliphatic rings. The van der Waals surface area contributed by atoms with Gasteiger partial charge in [-0.3, -0.25) is 9.59 Å². The summed E-state index contributed by atoms with van der Waals surface area (Å²) >= 11 is 0. The Kier molecular flexibility index (Phi) is 7.57. The monoisotopic (exact) mass is 495 g/mol. The van der Waals surface area contributed by atoms with Crippen LogP contribution in [0.25, 0.3) is 0 Å². The van der Waals surface area contributed by atoms with E-state index in [0.29, 0.717) is 12.0 Å². The zero-order valence-corrected chi connectivity index (χ0v) is 19.8. The van der Waals surface area contributed by atoms with Crippen LogP contribution in [0, 0.1) is 5.82 Å². The van der Waals surface area contributed by atoms with Gasteiger partial charge in [0.1, 0.15) is 16.8 Å². The minimum atomic E-state index is -4.02. The lowest BCUT2D eigenvalue weighted by Gasteiger charge is -2.36. The van der Waals surface area contributed by atoms with Crippen LogP contribution in [0.5, 0.6) is 0 Å². The van der Waals surface area contributed by atoms with E-state index in [0.717, 1.165) is 11.6 Å². The number of sulfonamides is 1. The van der Waals surface area contributed by atoms with Crippen molar-refractivity contribution in [1.82, 2.24) is 14.5 Å². The Morgan fingerprint density at radius 3 is 2.03 bits per heavy atom. The molecule has 9 heteroatoms. The summed E-state index contributed by atoms with van der Waals surface area (Å²) < 4.78 is 41.1. The molecule has 0 aromatic heterocycles. The molecule has 7 nitrogen and oxygen atoms in total. The van der Waals surface area contributed by atoms with Crippen molar-refractivity contribution in [1.29, 1.82) is 0 Å². The average Bonchev–Trinajstić information content (AvgIpc) is 2.89. The van der Waals surface area contributed by atoms with Crippen LogP contribution >= 0.6 is 0 Å². The molecule has 3 aromatic carbocycles. The Morgan fingerprint density at radius 2 is 1.40 bits per heavy atom. The van der Waals surface area contributed by atoms with Crippen molar-refractivity contribution in [2.75, 3.05) is 26.2 Å². The molecule has 3 aromatic rings. The highest BCUT2D eigenvalue weighted by Gasteiger charge is 2.34. The Labute approximate surface area is 204 Å². The average molecular weight is 496 g/mol. The molecular formula is C26H26FN3O4S. The number of hydrogen-bond donors (Lipinski definition) is 1. The SMILES string of the molecule is O=C(N[C@@H](Cc1ccccc1)C(=O)N1CCN(S(=O)(=O)c2ccccc2F)CC1)c1ccccc1. The summed E-state index contributed by atoms with van der Waals surface area (Å²) in [5.74, 6) is -1.46. The maximum atomic E-state index is 14.1. The number of rotatable bonds is 7. The summed E-state index contributed by atoms with van der Waals surface area (Å²) in [6.45, 7) is 0.345. The summed E-state index contributed by atoms with van der Waals surface area (Å²) in [5.41, 5.74) is 1.33. The van der Waals surface area contributed by atoms with Crippen LogP contribution < -0.4 is 5.32 Å². The molecule has 0 bridgehead atoms. The van der Waals surface area contributed by atoms with Gasteiger partial charge in [-0.15, -0.1) is 0 Å². The molecule has 0 spiro atoms. The molecule has 182 valence electrons. The number of piperazine rings is 1. The maximum Gasteiger partial charge on any atom is 0.251 e. The van der Waals surface area contributed by atoms with Crippen molar-refractivity contribution < 1.29 is 22.4 Å². The first kappa shape index (κ1) is 24.6. The van der Waals surface area contributed by atoms with Gasteiger partial charge in [0.25, 0.3) is 5.91 Å². The van der Waals surface area contributed by atoms with Crippen molar-refractivity contribution in [2.24, 2.45) is 0 Å². The number of nitrogens with one attached hydrogen (secondary N) is 1. The van der Waals surface area contributed by atoms with Gasteiger partial charge in [-0.25, -0.2) is 12.8 Å². The quantitative estimate of drug-likeness (QED) is 0.546. The van der Waals surface area contributed by atoms with Crippen LogP contribution in [0.4, 0.5) is 4.39 Å². The van der Waals surface area contributed by atoms with Crippen molar-refractivity contribution in [3.63, 3.8) is 0 Å². The molecule has 1 saturated heterocycles. The molecular weight excluding hydrogens is 469 g/mol. The Balaban J connectivity index is 1.47. The van der Waals surface area contributed by atoms with E-state index >= 15 is 0 Å².